The van der Waals surface area contributed by atoms with Crippen LogP contribution in [0.4, 0.5) is 0 Å². The van der Waals surface area contributed by atoms with Gasteiger partial charge in [-0.3, -0.25) is 9.78 Å². The summed E-state index contributed by atoms with van der Waals surface area (Å²) in [5.41, 5.74) is 3.17. The Morgan fingerprint density at radius 3 is 2.72 bits per heavy atom. The molecule has 0 aliphatic rings. The molecular weight excluding hydrogens is 312 g/mol. The standard InChI is InChI=1S/C20H22N4O/c1-16-6-5-7-18(12-16)13-24(14-19-8-3-4-9-22-19)20(25)17(2)23-11-10-21-15-23/h3-12,15,17H,13-14H2,1-2H3/t17-/m1/s1. The van der Waals surface area contributed by atoms with Gasteiger partial charge < -0.3 is 9.47 Å². The Hall–Kier alpha value is -2.95. The normalized spacial score (nSPS) is 11.9. The van der Waals surface area contributed by atoms with Crippen LogP contribution < -0.4 is 0 Å². The summed E-state index contributed by atoms with van der Waals surface area (Å²) in [6.07, 6.45) is 6.93. The van der Waals surface area contributed by atoms with Gasteiger partial charge in [-0.25, -0.2) is 4.98 Å². The van der Waals surface area contributed by atoms with Crippen LogP contribution in [0, 0.1) is 6.92 Å². The van der Waals surface area contributed by atoms with Gasteiger partial charge in [0.2, 0.25) is 5.91 Å². The summed E-state index contributed by atoms with van der Waals surface area (Å²) in [7, 11) is 0. The van der Waals surface area contributed by atoms with E-state index in [2.05, 4.69) is 29.0 Å². The predicted molar refractivity (Wildman–Crippen MR) is 96.6 cm³/mol. The zero-order chi connectivity index (χ0) is 17.6. The van der Waals surface area contributed by atoms with Crippen LogP contribution in [0.25, 0.3) is 0 Å². The first-order chi connectivity index (χ1) is 12.1. The summed E-state index contributed by atoms with van der Waals surface area (Å²) < 4.78 is 1.82. The average Bonchev–Trinajstić information content (AvgIpc) is 3.15. The van der Waals surface area contributed by atoms with Crippen LogP contribution in [0.3, 0.4) is 0 Å². The molecule has 1 amide bonds. The topological polar surface area (TPSA) is 51.0 Å². The van der Waals surface area contributed by atoms with Gasteiger partial charge in [0.05, 0.1) is 18.6 Å². The van der Waals surface area contributed by atoms with Crippen molar-refractivity contribution in [3.63, 3.8) is 0 Å². The molecule has 0 N–H and O–H groups in total. The molecule has 0 aliphatic heterocycles. The Morgan fingerprint density at radius 2 is 2.04 bits per heavy atom. The zero-order valence-electron chi connectivity index (χ0n) is 14.5. The van der Waals surface area contributed by atoms with Crippen molar-refractivity contribution < 1.29 is 4.79 Å². The van der Waals surface area contributed by atoms with Crippen LogP contribution in [-0.2, 0) is 17.9 Å². The molecule has 0 bridgehead atoms. The molecule has 0 unspecified atom stereocenters. The van der Waals surface area contributed by atoms with E-state index in [1.165, 1.54) is 5.56 Å². The molecule has 5 nitrogen and oxygen atoms in total. The number of hydrogen-bond donors (Lipinski definition) is 0. The molecule has 3 aromatic rings. The molecule has 0 fully saturated rings. The van der Waals surface area contributed by atoms with E-state index in [-0.39, 0.29) is 11.9 Å². The molecule has 2 heterocycles. The fourth-order valence-electron chi connectivity index (χ4n) is 2.82. The molecule has 3 rings (SSSR count). The van der Waals surface area contributed by atoms with Gasteiger partial charge in [-0.05, 0) is 31.5 Å². The Kier molecular flexibility index (Phi) is 5.23. The van der Waals surface area contributed by atoms with E-state index in [1.807, 2.05) is 52.9 Å². The molecule has 1 aromatic carbocycles. The first-order valence-electron chi connectivity index (χ1n) is 8.35. The Balaban J connectivity index is 1.84. The second kappa shape index (κ2) is 7.75. The summed E-state index contributed by atoms with van der Waals surface area (Å²) in [5, 5.41) is 0. The lowest BCUT2D eigenvalue weighted by Gasteiger charge is -2.26. The third-order valence-corrected chi connectivity index (χ3v) is 4.18. The fourth-order valence-corrected chi connectivity index (χ4v) is 2.82. The van der Waals surface area contributed by atoms with Crippen LogP contribution in [0.5, 0.6) is 0 Å². The van der Waals surface area contributed by atoms with Crippen molar-refractivity contribution in [3.8, 4) is 0 Å². The molecule has 2 aromatic heterocycles. The monoisotopic (exact) mass is 334 g/mol. The van der Waals surface area contributed by atoms with Gasteiger partial charge in [0.25, 0.3) is 0 Å². The number of carbonyl (C=O) groups is 1. The lowest BCUT2D eigenvalue weighted by Crippen LogP contribution is -2.35. The van der Waals surface area contributed by atoms with Crippen molar-refractivity contribution in [2.45, 2.75) is 33.0 Å². The first-order valence-corrected chi connectivity index (χ1v) is 8.35. The summed E-state index contributed by atoms with van der Waals surface area (Å²) in [5.74, 6) is 0.0464. The van der Waals surface area contributed by atoms with E-state index in [1.54, 1.807) is 18.7 Å². The lowest BCUT2D eigenvalue weighted by molar-refractivity contribution is -0.135. The van der Waals surface area contributed by atoms with Gasteiger partial charge in [-0.15, -0.1) is 0 Å². The fraction of sp³-hybridized carbons (Fsp3) is 0.250. The third-order valence-electron chi connectivity index (χ3n) is 4.18. The van der Waals surface area contributed by atoms with Crippen molar-refractivity contribution in [1.29, 1.82) is 0 Å². The molecule has 1 atom stereocenters. The number of carbonyl (C=O) groups excluding carboxylic acids is 1. The number of nitrogens with zero attached hydrogens (tertiary/aromatic N) is 4. The average molecular weight is 334 g/mol. The quantitative estimate of drug-likeness (QED) is 0.694. The number of rotatable bonds is 6. The minimum absolute atomic E-state index is 0.0464. The predicted octanol–water partition coefficient (Wildman–Crippen LogP) is 3.38. The lowest BCUT2D eigenvalue weighted by atomic mass is 10.1. The zero-order valence-corrected chi connectivity index (χ0v) is 14.5. The second-order valence-electron chi connectivity index (χ2n) is 6.19. The highest BCUT2D eigenvalue weighted by Gasteiger charge is 2.22. The number of amides is 1. The minimum Gasteiger partial charge on any atom is -0.331 e. The second-order valence-corrected chi connectivity index (χ2v) is 6.19. The molecule has 0 spiro atoms. The van der Waals surface area contributed by atoms with Crippen molar-refractivity contribution in [2.75, 3.05) is 0 Å². The SMILES string of the molecule is Cc1cccc(CN(Cc2ccccn2)C(=O)[C@@H](C)n2ccnc2)c1. The Morgan fingerprint density at radius 1 is 1.16 bits per heavy atom. The molecule has 0 saturated heterocycles. The van der Waals surface area contributed by atoms with E-state index < -0.39 is 0 Å². The summed E-state index contributed by atoms with van der Waals surface area (Å²) in [6.45, 7) is 4.98. The van der Waals surface area contributed by atoms with Crippen molar-refractivity contribution in [2.24, 2.45) is 0 Å². The van der Waals surface area contributed by atoms with Crippen molar-refractivity contribution in [3.05, 3.63) is 84.2 Å². The molecule has 25 heavy (non-hydrogen) atoms. The van der Waals surface area contributed by atoms with Crippen LogP contribution in [-0.4, -0.2) is 25.3 Å². The highest BCUT2D eigenvalue weighted by Crippen LogP contribution is 2.16. The molecule has 5 heteroatoms. The van der Waals surface area contributed by atoms with E-state index in [0.717, 1.165) is 11.3 Å². The summed E-state index contributed by atoms with van der Waals surface area (Å²) in [6, 6.07) is 13.7. The molecule has 0 radical (unpaired) electrons. The van der Waals surface area contributed by atoms with Gasteiger partial charge in [-0.2, -0.15) is 0 Å². The number of pyridine rings is 1. The Bertz CT molecular complexity index is 815. The maximum atomic E-state index is 13.1. The maximum absolute atomic E-state index is 13.1. The van der Waals surface area contributed by atoms with Gasteiger partial charge in [0.15, 0.2) is 0 Å². The largest absolute Gasteiger partial charge is 0.331 e. The summed E-state index contributed by atoms with van der Waals surface area (Å²) in [4.78, 5) is 23.3. The first kappa shape index (κ1) is 16.9. The van der Waals surface area contributed by atoms with E-state index in [0.29, 0.717) is 13.1 Å². The molecule has 0 saturated carbocycles. The van der Waals surface area contributed by atoms with E-state index in [4.69, 9.17) is 0 Å². The highest BCUT2D eigenvalue weighted by atomic mass is 16.2. The minimum atomic E-state index is -0.309. The van der Waals surface area contributed by atoms with Crippen LogP contribution in [0.15, 0.2) is 67.4 Å². The Labute approximate surface area is 148 Å². The third kappa shape index (κ3) is 4.32. The van der Waals surface area contributed by atoms with Crippen molar-refractivity contribution >= 4 is 5.91 Å². The molecular formula is C20H22N4O. The van der Waals surface area contributed by atoms with E-state index in [9.17, 15) is 4.79 Å². The van der Waals surface area contributed by atoms with Crippen LogP contribution in [0.2, 0.25) is 0 Å². The number of hydrogen-bond acceptors (Lipinski definition) is 3. The van der Waals surface area contributed by atoms with Crippen LogP contribution in [0.1, 0.15) is 29.8 Å². The molecule has 128 valence electrons. The summed E-state index contributed by atoms with van der Waals surface area (Å²) >= 11 is 0. The maximum Gasteiger partial charge on any atom is 0.246 e. The number of aromatic nitrogens is 3. The van der Waals surface area contributed by atoms with Crippen molar-refractivity contribution in [1.82, 2.24) is 19.4 Å². The van der Waals surface area contributed by atoms with Crippen LogP contribution >= 0.6 is 0 Å². The number of aryl methyl sites for hydroxylation is 1. The number of benzene rings is 1. The van der Waals surface area contributed by atoms with Gasteiger partial charge in [0.1, 0.15) is 6.04 Å². The highest BCUT2D eigenvalue weighted by molar-refractivity contribution is 5.80. The van der Waals surface area contributed by atoms with Gasteiger partial charge in [-0.1, -0.05) is 35.9 Å². The van der Waals surface area contributed by atoms with E-state index >= 15 is 0 Å². The smallest absolute Gasteiger partial charge is 0.246 e. The van der Waals surface area contributed by atoms with Gasteiger partial charge >= 0.3 is 0 Å². The van der Waals surface area contributed by atoms with Gasteiger partial charge in [0, 0.05) is 25.1 Å². The molecule has 0 aliphatic carbocycles. The number of imidazole rings is 1.